The zero-order valence-corrected chi connectivity index (χ0v) is 13.0. The van der Waals surface area contributed by atoms with Gasteiger partial charge in [-0.25, -0.2) is 0 Å². The minimum absolute atomic E-state index is 0.175. The van der Waals surface area contributed by atoms with Crippen LogP contribution in [0.5, 0.6) is 5.75 Å². The molecule has 1 atom stereocenters. The first kappa shape index (κ1) is 15.3. The standard InChI is InChI=1S/C16H26N2O2/c1-15(2)5-7-16(20-4,8-6-15)14(17)12-9-13(19-3)11-18-10-12/h9-11,14H,5-8,17H2,1-4H3. The fourth-order valence-electron chi connectivity index (χ4n) is 3.01. The van der Waals surface area contributed by atoms with Gasteiger partial charge in [-0.2, -0.15) is 0 Å². The molecule has 0 amide bonds. The number of hydrogen-bond donors (Lipinski definition) is 1. The lowest BCUT2D eigenvalue weighted by Crippen LogP contribution is -2.47. The van der Waals surface area contributed by atoms with Gasteiger partial charge < -0.3 is 15.2 Å². The number of nitrogens with zero attached hydrogens (tertiary/aromatic N) is 1. The Kier molecular flexibility index (Phi) is 4.35. The van der Waals surface area contributed by atoms with E-state index in [9.17, 15) is 0 Å². The van der Waals surface area contributed by atoms with Crippen molar-refractivity contribution in [3.05, 3.63) is 24.0 Å². The van der Waals surface area contributed by atoms with Crippen LogP contribution in [-0.4, -0.2) is 24.8 Å². The molecule has 0 saturated heterocycles. The molecule has 4 nitrogen and oxygen atoms in total. The molecular formula is C16H26N2O2. The summed E-state index contributed by atoms with van der Waals surface area (Å²) in [4.78, 5) is 4.20. The average molecular weight is 278 g/mol. The molecule has 4 heteroatoms. The summed E-state index contributed by atoms with van der Waals surface area (Å²) in [5, 5.41) is 0. The Morgan fingerprint density at radius 2 is 1.80 bits per heavy atom. The predicted octanol–water partition coefficient (Wildman–Crippen LogP) is 3.08. The number of rotatable bonds is 4. The van der Waals surface area contributed by atoms with Crippen molar-refractivity contribution in [2.75, 3.05) is 14.2 Å². The van der Waals surface area contributed by atoms with Crippen LogP contribution >= 0.6 is 0 Å². The normalized spacial score (nSPS) is 22.2. The fourth-order valence-corrected chi connectivity index (χ4v) is 3.01. The van der Waals surface area contributed by atoms with E-state index in [0.717, 1.165) is 37.0 Å². The number of aromatic nitrogens is 1. The molecule has 2 rings (SSSR count). The summed E-state index contributed by atoms with van der Waals surface area (Å²) in [6, 6.07) is 1.78. The van der Waals surface area contributed by atoms with E-state index in [1.54, 1.807) is 20.4 Å². The van der Waals surface area contributed by atoms with E-state index >= 15 is 0 Å². The number of hydrogen-bond acceptors (Lipinski definition) is 4. The SMILES string of the molecule is COc1cncc(C(N)C2(OC)CCC(C)(C)CC2)c1. The van der Waals surface area contributed by atoms with Gasteiger partial charge in [0.05, 0.1) is 24.9 Å². The third-order valence-electron chi connectivity index (χ3n) is 4.75. The van der Waals surface area contributed by atoms with Crippen molar-refractivity contribution >= 4 is 0 Å². The van der Waals surface area contributed by atoms with E-state index in [1.165, 1.54) is 0 Å². The lowest BCUT2D eigenvalue weighted by atomic mass is 9.67. The predicted molar refractivity (Wildman–Crippen MR) is 79.7 cm³/mol. The Balaban J connectivity index is 2.22. The van der Waals surface area contributed by atoms with Crippen molar-refractivity contribution in [1.82, 2.24) is 4.98 Å². The first-order valence-electron chi connectivity index (χ1n) is 7.22. The maximum atomic E-state index is 6.51. The number of nitrogens with two attached hydrogens (primary N) is 1. The molecule has 0 aromatic carbocycles. The molecule has 112 valence electrons. The third kappa shape index (κ3) is 2.96. The number of pyridine rings is 1. The van der Waals surface area contributed by atoms with Crippen molar-refractivity contribution < 1.29 is 9.47 Å². The van der Waals surface area contributed by atoms with Gasteiger partial charge in [0.25, 0.3) is 0 Å². The highest BCUT2D eigenvalue weighted by Crippen LogP contribution is 2.46. The van der Waals surface area contributed by atoms with Gasteiger partial charge in [0.2, 0.25) is 0 Å². The Labute approximate surface area is 121 Å². The average Bonchev–Trinajstić information content (AvgIpc) is 2.47. The monoisotopic (exact) mass is 278 g/mol. The highest BCUT2D eigenvalue weighted by atomic mass is 16.5. The van der Waals surface area contributed by atoms with E-state index in [2.05, 4.69) is 18.8 Å². The van der Waals surface area contributed by atoms with Crippen molar-refractivity contribution in [3.8, 4) is 5.75 Å². The van der Waals surface area contributed by atoms with Crippen molar-refractivity contribution in [2.24, 2.45) is 11.1 Å². The summed E-state index contributed by atoms with van der Waals surface area (Å²) in [5.74, 6) is 0.736. The second kappa shape index (κ2) is 5.70. The molecule has 2 N–H and O–H groups in total. The van der Waals surface area contributed by atoms with Crippen molar-refractivity contribution in [1.29, 1.82) is 0 Å². The Morgan fingerprint density at radius 1 is 1.15 bits per heavy atom. The minimum atomic E-state index is -0.288. The van der Waals surface area contributed by atoms with Crippen LogP contribution < -0.4 is 10.5 Å². The van der Waals surface area contributed by atoms with Gasteiger partial charge in [0.1, 0.15) is 5.75 Å². The van der Waals surface area contributed by atoms with Crippen LogP contribution in [0.2, 0.25) is 0 Å². The van der Waals surface area contributed by atoms with Crippen LogP contribution in [-0.2, 0) is 4.74 Å². The summed E-state index contributed by atoms with van der Waals surface area (Å²) < 4.78 is 11.1. The van der Waals surface area contributed by atoms with Gasteiger partial charge in [0.15, 0.2) is 0 Å². The second-order valence-electron chi connectivity index (χ2n) is 6.57. The van der Waals surface area contributed by atoms with Gasteiger partial charge in [-0.3, -0.25) is 4.98 Å². The zero-order chi connectivity index (χ0) is 14.8. The summed E-state index contributed by atoms with van der Waals surface area (Å²) in [5.41, 5.74) is 7.58. The summed E-state index contributed by atoms with van der Waals surface area (Å²) in [6.45, 7) is 4.62. The molecule has 1 aromatic rings. The quantitative estimate of drug-likeness (QED) is 0.919. The largest absolute Gasteiger partial charge is 0.495 e. The maximum Gasteiger partial charge on any atom is 0.137 e. The van der Waals surface area contributed by atoms with Crippen LogP contribution in [0.25, 0.3) is 0 Å². The lowest BCUT2D eigenvalue weighted by molar-refractivity contribution is -0.0795. The molecule has 1 fully saturated rings. The maximum absolute atomic E-state index is 6.51. The van der Waals surface area contributed by atoms with E-state index in [4.69, 9.17) is 15.2 Å². The zero-order valence-electron chi connectivity index (χ0n) is 13.0. The van der Waals surface area contributed by atoms with Crippen LogP contribution in [0.1, 0.15) is 51.1 Å². The number of methoxy groups -OCH3 is 2. The molecular weight excluding hydrogens is 252 g/mol. The topological polar surface area (TPSA) is 57.4 Å². The molecule has 1 aliphatic carbocycles. The number of ether oxygens (including phenoxy) is 2. The van der Waals surface area contributed by atoms with E-state index in [1.807, 2.05) is 12.3 Å². The molecule has 0 spiro atoms. The smallest absolute Gasteiger partial charge is 0.137 e. The second-order valence-corrected chi connectivity index (χ2v) is 6.57. The molecule has 1 saturated carbocycles. The Bertz CT molecular complexity index is 450. The molecule has 0 bridgehead atoms. The van der Waals surface area contributed by atoms with Gasteiger partial charge in [-0.1, -0.05) is 13.8 Å². The molecule has 0 aliphatic heterocycles. The third-order valence-corrected chi connectivity index (χ3v) is 4.75. The molecule has 20 heavy (non-hydrogen) atoms. The highest BCUT2D eigenvalue weighted by Gasteiger charge is 2.43. The first-order chi connectivity index (χ1) is 9.42. The highest BCUT2D eigenvalue weighted by molar-refractivity contribution is 5.28. The van der Waals surface area contributed by atoms with Gasteiger partial charge in [-0.15, -0.1) is 0 Å². The molecule has 1 aromatic heterocycles. The van der Waals surface area contributed by atoms with Crippen LogP contribution in [0.4, 0.5) is 0 Å². The molecule has 0 radical (unpaired) electrons. The minimum Gasteiger partial charge on any atom is -0.495 e. The summed E-state index contributed by atoms with van der Waals surface area (Å²) in [7, 11) is 3.41. The van der Waals surface area contributed by atoms with Gasteiger partial charge in [-0.05, 0) is 42.7 Å². The van der Waals surface area contributed by atoms with Gasteiger partial charge >= 0.3 is 0 Å². The lowest BCUT2D eigenvalue weighted by Gasteiger charge is -2.45. The fraction of sp³-hybridized carbons (Fsp3) is 0.688. The van der Waals surface area contributed by atoms with E-state index in [-0.39, 0.29) is 11.6 Å². The molecule has 1 unspecified atom stereocenters. The van der Waals surface area contributed by atoms with Gasteiger partial charge in [0, 0.05) is 13.3 Å². The van der Waals surface area contributed by atoms with Crippen molar-refractivity contribution in [3.63, 3.8) is 0 Å². The Hall–Kier alpha value is -1.13. The van der Waals surface area contributed by atoms with Crippen LogP contribution in [0, 0.1) is 5.41 Å². The van der Waals surface area contributed by atoms with Crippen LogP contribution in [0.15, 0.2) is 18.5 Å². The van der Waals surface area contributed by atoms with E-state index < -0.39 is 0 Å². The summed E-state index contributed by atoms with van der Waals surface area (Å²) >= 11 is 0. The molecule has 1 heterocycles. The first-order valence-corrected chi connectivity index (χ1v) is 7.22. The Morgan fingerprint density at radius 3 is 2.35 bits per heavy atom. The van der Waals surface area contributed by atoms with Crippen LogP contribution in [0.3, 0.4) is 0 Å². The van der Waals surface area contributed by atoms with Crippen molar-refractivity contribution in [2.45, 2.75) is 51.2 Å². The van der Waals surface area contributed by atoms with E-state index in [0.29, 0.717) is 5.41 Å². The molecule has 1 aliphatic rings. The summed E-state index contributed by atoms with van der Waals surface area (Å²) in [6.07, 6.45) is 7.73.